The van der Waals surface area contributed by atoms with Gasteiger partial charge in [-0.3, -0.25) is 0 Å². The third-order valence-corrected chi connectivity index (χ3v) is 2.37. The molecule has 96 valence electrons. The molecule has 0 aromatic carbocycles. The lowest BCUT2D eigenvalue weighted by molar-refractivity contribution is 0.326. The summed E-state index contributed by atoms with van der Waals surface area (Å²) in [6, 6.07) is 2.04. The highest BCUT2D eigenvalue weighted by Crippen LogP contribution is 2.12. The highest BCUT2D eigenvalue weighted by Gasteiger charge is 2.05. The first kappa shape index (κ1) is 12.3. The third-order valence-electron chi connectivity index (χ3n) is 2.37. The summed E-state index contributed by atoms with van der Waals surface area (Å²) in [6.07, 6.45) is 7.00. The van der Waals surface area contributed by atoms with E-state index in [0.29, 0.717) is 12.5 Å². The minimum absolute atomic E-state index is 0.239. The molecule has 1 unspecified atom stereocenters. The predicted molar refractivity (Wildman–Crippen MR) is 68.5 cm³/mol. The van der Waals surface area contributed by atoms with Crippen LogP contribution < -0.4 is 10.1 Å². The molecule has 0 aliphatic rings. The van der Waals surface area contributed by atoms with Gasteiger partial charge >= 0.3 is 0 Å². The number of hydrogen-bond acceptors (Lipinski definition) is 5. The number of imidazole rings is 1. The normalized spacial score (nSPS) is 12.1. The van der Waals surface area contributed by atoms with Gasteiger partial charge in [0.1, 0.15) is 12.1 Å². The molecule has 6 heteroatoms. The minimum Gasteiger partial charge on any atom is -0.478 e. The number of nitrogens with zero attached hydrogens (tertiary/aromatic N) is 4. The Morgan fingerprint density at radius 3 is 3.06 bits per heavy atom. The van der Waals surface area contributed by atoms with Crippen molar-refractivity contribution in [2.45, 2.75) is 26.4 Å². The maximum atomic E-state index is 5.33. The smallest absolute Gasteiger partial charge is 0.218 e. The second kappa shape index (κ2) is 6.00. The minimum atomic E-state index is 0.239. The van der Waals surface area contributed by atoms with Crippen molar-refractivity contribution in [3.05, 3.63) is 31.1 Å². The van der Waals surface area contributed by atoms with E-state index in [4.69, 9.17) is 4.74 Å². The lowest BCUT2D eigenvalue weighted by Gasteiger charge is -2.15. The van der Waals surface area contributed by atoms with Gasteiger partial charge in [0, 0.05) is 31.0 Å². The first-order chi connectivity index (χ1) is 8.78. The molecular weight excluding hydrogens is 230 g/mol. The molecule has 0 aliphatic heterocycles. The van der Waals surface area contributed by atoms with Crippen LogP contribution in [0.25, 0.3) is 0 Å². The molecule has 0 amide bonds. The largest absolute Gasteiger partial charge is 0.478 e. The highest BCUT2D eigenvalue weighted by molar-refractivity contribution is 5.37. The van der Waals surface area contributed by atoms with Crippen LogP contribution in [0, 0.1) is 0 Å². The zero-order valence-electron chi connectivity index (χ0n) is 10.6. The summed E-state index contributed by atoms with van der Waals surface area (Å²) in [6.45, 7) is 5.44. The van der Waals surface area contributed by atoms with Gasteiger partial charge in [0.2, 0.25) is 5.88 Å². The van der Waals surface area contributed by atoms with Crippen molar-refractivity contribution >= 4 is 5.82 Å². The zero-order valence-corrected chi connectivity index (χ0v) is 10.6. The van der Waals surface area contributed by atoms with Crippen LogP contribution in [0.2, 0.25) is 0 Å². The van der Waals surface area contributed by atoms with Gasteiger partial charge < -0.3 is 14.6 Å². The van der Waals surface area contributed by atoms with E-state index in [-0.39, 0.29) is 6.04 Å². The number of nitrogens with one attached hydrogen (secondary N) is 1. The Labute approximate surface area is 106 Å². The van der Waals surface area contributed by atoms with E-state index in [1.54, 1.807) is 18.6 Å². The number of rotatable bonds is 6. The molecule has 2 aromatic heterocycles. The molecule has 18 heavy (non-hydrogen) atoms. The quantitative estimate of drug-likeness (QED) is 0.839. The first-order valence-corrected chi connectivity index (χ1v) is 5.95. The van der Waals surface area contributed by atoms with E-state index in [1.807, 2.05) is 17.7 Å². The Kier molecular flexibility index (Phi) is 4.11. The molecule has 2 rings (SSSR count). The fourth-order valence-corrected chi connectivity index (χ4v) is 1.65. The van der Waals surface area contributed by atoms with Crippen molar-refractivity contribution in [3.63, 3.8) is 0 Å². The summed E-state index contributed by atoms with van der Waals surface area (Å²) >= 11 is 0. The molecule has 2 heterocycles. The Morgan fingerprint density at radius 1 is 1.44 bits per heavy atom. The van der Waals surface area contributed by atoms with Gasteiger partial charge in [-0.2, -0.15) is 0 Å². The highest BCUT2D eigenvalue weighted by atomic mass is 16.5. The number of hydrogen-bond donors (Lipinski definition) is 1. The van der Waals surface area contributed by atoms with Gasteiger partial charge in [-0.15, -0.1) is 0 Å². The summed E-state index contributed by atoms with van der Waals surface area (Å²) in [5.41, 5.74) is 0. The fourth-order valence-electron chi connectivity index (χ4n) is 1.65. The van der Waals surface area contributed by atoms with Crippen molar-refractivity contribution in [1.29, 1.82) is 0 Å². The summed E-state index contributed by atoms with van der Waals surface area (Å²) in [7, 11) is 0. The number of ether oxygens (including phenoxy) is 1. The zero-order chi connectivity index (χ0) is 12.8. The molecule has 0 spiro atoms. The summed E-state index contributed by atoms with van der Waals surface area (Å²) in [4.78, 5) is 12.2. The van der Waals surface area contributed by atoms with Gasteiger partial charge in [0.05, 0.1) is 12.9 Å². The molecule has 0 saturated heterocycles. The second-order valence-corrected chi connectivity index (χ2v) is 3.98. The van der Waals surface area contributed by atoms with E-state index in [2.05, 4.69) is 27.2 Å². The lowest BCUT2D eigenvalue weighted by atomic mass is 10.3. The van der Waals surface area contributed by atoms with E-state index in [9.17, 15) is 0 Å². The van der Waals surface area contributed by atoms with E-state index >= 15 is 0 Å². The van der Waals surface area contributed by atoms with Gasteiger partial charge in [-0.1, -0.05) is 0 Å². The average molecular weight is 247 g/mol. The van der Waals surface area contributed by atoms with Crippen LogP contribution in [0.15, 0.2) is 31.1 Å². The monoisotopic (exact) mass is 247 g/mol. The van der Waals surface area contributed by atoms with Gasteiger partial charge in [-0.05, 0) is 13.8 Å². The molecular formula is C12H17N5O. The second-order valence-electron chi connectivity index (χ2n) is 3.98. The van der Waals surface area contributed by atoms with Gasteiger partial charge in [0.15, 0.2) is 0 Å². The standard InChI is InChI=1S/C12H17N5O/c1-3-18-12-6-11(14-8-15-12)16-10(2)7-17-5-4-13-9-17/h4-6,8-10H,3,7H2,1-2H3,(H,14,15,16). The predicted octanol–water partition coefficient (Wildman–Crippen LogP) is 1.57. The van der Waals surface area contributed by atoms with E-state index in [0.717, 1.165) is 12.4 Å². The molecule has 2 aromatic rings. The molecule has 0 aliphatic carbocycles. The Morgan fingerprint density at radius 2 is 2.33 bits per heavy atom. The van der Waals surface area contributed by atoms with E-state index < -0.39 is 0 Å². The van der Waals surface area contributed by atoms with Crippen LogP contribution in [0.3, 0.4) is 0 Å². The van der Waals surface area contributed by atoms with Crippen molar-refractivity contribution in [2.24, 2.45) is 0 Å². The van der Waals surface area contributed by atoms with E-state index in [1.165, 1.54) is 6.33 Å². The summed E-state index contributed by atoms with van der Waals surface area (Å²) in [5.74, 6) is 1.35. The first-order valence-electron chi connectivity index (χ1n) is 5.95. The topological polar surface area (TPSA) is 64.9 Å². The average Bonchev–Trinajstić information content (AvgIpc) is 2.82. The van der Waals surface area contributed by atoms with Gasteiger partial charge in [0.25, 0.3) is 0 Å². The maximum absolute atomic E-state index is 5.33. The molecule has 0 saturated carbocycles. The number of anilines is 1. The molecule has 1 atom stereocenters. The van der Waals surface area contributed by atoms with Crippen LogP contribution in [-0.4, -0.2) is 32.2 Å². The Balaban J connectivity index is 1.93. The van der Waals surface area contributed by atoms with Crippen molar-refractivity contribution < 1.29 is 4.74 Å². The summed E-state index contributed by atoms with van der Waals surface area (Å²) in [5, 5.41) is 3.30. The maximum Gasteiger partial charge on any atom is 0.218 e. The van der Waals surface area contributed by atoms with Crippen LogP contribution >= 0.6 is 0 Å². The molecule has 0 fully saturated rings. The van der Waals surface area contributed by atoms with Crippen molar-refractivity contribution in [3.8, 4) is 5.88 Å². The van der Waals surface area contributed by atoms with Crippen LogP contribution in [-0.2, 0) is 6.54 Å². The third kappa shape index (κ3) is 3.44. The molecule has 6 nitrogen and oxygen atoms in total. The van der Waals surface area contributed by atoms with Crippen LogP contribution in [0.4, 0.5) is 5.82 Å². The van der Waals surface area contributed by atoms with Crippen molar-refractivity contribution in [1.82, 2.24) is 19.5 Å². The SMILES string of the molecule is CCOc1cc(NC(C)Cn2ccnc2)ncn1. The molecule has 0 bridgehead atoms. The lowest BCUT2D eigenvalue weighted by Crippen LogP contribution is -2.21. The van der Waals surface area contributed by atoms with Crippen LogP contribution in [0.5, 0.6) is 5.88 Å². The van der Waals surface area contributed by atoms with Crippen molar-refractivity contribution in [2.75, 3.05) is 11.9 Å². The number of aromatic nitrogens is 4. The Bertz CT molecular complexity index is 471. The Hall–Kier alpha value is -2.11. The van der Waals surface area contributed by atoms with Crippen LogP contribution in [0.1, 0.15) is 13.8 Å². The summed E-state index contributed by atoms with van der Waals surface area (Å²) < 4.78 is 7.34. The van der Waals surface area contributed by atoms with Gasteiger partial charge in [-0.25, -0.2) is 15.0 Å². The molecule has 0 radical (unpaired) electrons. The fraction of sp³-hybridized carbons (Fsp3) is 0.417. The molecule has 1 N–H and O–H groups in total.